The van der Waals surface area contributed by atoms with Crippen molar-refractivity contribution in [3.05, 3.63) is 24.3 Å². The molecule has 2 heterocycles. The van der Waals surface area contributed by atoms with Crippen LogP contribution in [0, 0.1) is 0 Å². The second kappa shape index (κ2) is 1.98. The van der Waals surface area contributed by atoms with Crippen LogP contribution in [-0.2, 0) is 0 Å². The van der Waals surface area contributed by atoms with Crippen LogP contribution < -0.4 is 10.6 Å². The molecule has 0 aromatic rings. The third-order valence-corrected chi connectivity index (χ3v) is 1.20. The summed E-state index contributed by atoms with van der Waals surface area (Å²) >= 11 is 0. The maximum absolute atomic E-state index is 4.00. The first-order valence-corrected chi connectivity index (χ1v) is 2.89. The molecule has 10 heavy (non-hydrogen) atoms. The van der Waals surface area contributed by atoms with E-state index in [-0.39, 0.29) is 0 Å². The quantitative estimate of drug-likeness (QED) is 0.494. The Morgan fingerprint density at radius 3 is 3.30 bits per heavy atom. The van der Waals surface area contributed by atoms with E-state index in [1.807, 2.05) is 0 Å². The van der Waals surface area contributed by atoms with Gasteiger partial charge >= 0.3 is 0 Å². The molecule has 2 aliphatic heterocycles. The van der Waals surface area contributed by atoms with Crippen molar-refractivity contribution in [2.75, 3.05) is 0 Å². The fourth-order valence-corrected chi connectivity index (χ4v) is 0.763. The largest absolute Gasteiger partial charge is 0.356 e. The Morgan fingerprint density at radius 2 is 2.40 bits per heavy atom. The average molecular weight is 133 g/mol. The Bertz CT molecular complexity index is 259. The first-order valence-electron chi connectivity index (χ1n) is 2.89. The first kappa shape index (κ1) is 5.22. The van der Waals surface area contributed by atoms with Crippen molar-refractivity contribution >= 4 is 12.2 Å². The Hall–Kier alpha value is -1.58. The van der Waals surface area contributed by atoms with Crippen molar-refractivity contribution in [1.29, 1.82) is 0 Å². The molecule has 2 aliphatic rings. The van der Waals surface area contributed by atoms with Crippen LogP contribution >= 0.6 is 0 Å². The number of amidine groups is 1. The highest BCUT2D eigenvalue weighted by molar-refractivity contribution is 6.04. The summed E-state index contributed by atoms with van der Waals surface area (Å²) in [6.07, 6.45) is 6.57. The van der Waals surface area contributed by atoms with E-state index >= 15 is 0 Å². The van der Waals surface area contributed by atoms with E-state index in [4.69, 9.17) is 0 Å². The van der Waals surface area contributed by atoms with Gasteiger partial charge in [0.05, 0.1) is 6.20 Å². The van der Waals surface area contributed by atoms with E-state index in [9.17, 15) is 0 Å². The molecule has 0 saturated carbocycles. The number of nitrogens with zero attached hydrogens (tertiary/aromatic N) is 3. The van der Waals surface area contributed by atoms with Crippen LogP contribution in [0.2, 0.25) is 0 Å². The molecule has 0 amide bonds. The van der Waals surface area contributed by atoms with Crippen molar-refractivity contribution in [3.8, 4) is 0 Å². The minimum atomic E-state index is 0.692. The summed E-state index contributed by atoms with van der Waals surface area (Å²) in [5, 5.41) is 6.79. The van der Waals surface area contributed by atoms with Crippen LogP contribution in [0.4, 0.5) is 0 Å². The fraction of sp³-hybridized carbons (Fsp3) is 0. The van der Waals surface area contributed by atoms with Crippen molar-refractivity contribution in [2.45, 2.75) is 0 Å². The molecule has 1 N–H and O–H groups in total. The van der Waals surface area contributed by atoms with Crippen molar-refractivity contribution in [3.63, 3.8) is 0 Å². The highest BCUT2D eigenvalue weighted by Gasteiger charge is 2.08. The summed E-state index contributed by atoms with van der Waals surface area (Å²) in [6.45, 7) is 0. The van der Waals surface area contributed by atoms with E-state index in [0.29, 0.717) is 5.84 Å². The maximum atomic E-state index is 4.00. The Morgan fingerprint density at radius 1 is 1.40 bits per heavy atom. The lowest BCUT2D eigenvalue weighted by atomic mass is 10.4. The van der Waals surface area contributed by atoms with Gasteiger partial charge in [-0.3, -0.25) is 0 Å². The van der Waals surface area contributed by atoms with Gasteiger partial charge in [0, 0.05) is 12.4 Å². The number of nitrogens with one attached hydrogen (secondary N) is 1. The molecule has 0 unspecified atom stereocenters. The summed E-state index contributed by atoms with van der Waals surface area (Å²) < 4.78 is 0. The number of hydrogen-bond acceptors (Lipinski definition) is 3. The zero-order chi connectivity index (χ0) is 6.81. The zero-order valence-corrected chi connectivity index (χ0v) is 5.15. The molecule has 1 radical (unpaired) electrons. The summed E-state index contributed by atoms with van der Waals surface area (Å²) in [7, 11) is 0. The summed E-state index contributed by atoms with van der Waals surface area (Å²) in [4.78, 5) is 7.93. The molecular weight excluding hydrogens is 128 g/mol. The normalized spacial score (nSPS) is 20.0. The highest BCUT2D eigenvalue weighted by atomic mass is 15.1. The van der Waals surface area contributed by atoms with Gasteiger partial charge in [-0.05, 0) is 0 Å². The fourth-order valence-electron chi connectivity index (χ4n) is 0.763. The van der Waals surface area contributed by atoms with Crippen molar-refractivity contribution in [1.82, 2.24) is 10.6 Å². The summed E-state index contributed by atoms with van der Waals surface area (Å²) in [5.74, 6) is 0.692. The molecular formula is C6H5N4. The third-order valence-electron chi connectivity index (χ3n) is 1.20. The molecule has 0 aliphatic carbocycles. The van der Waals surface area contributed by atoms with E-state index in [2.05, 4.69) is 20.6 Å². The molecule has 0 spiro atoms. The predicted molar refractivity (Wildman–Crippen MR) is 38.4 cm³/mol. The number of hydrogen-bond donors (Lipinski definition) is 1. The van der Waals surface area contributed by atoms with Gasteiger partial charge in [-0.1, -0.05) is 0 Å². The summed E-state index contributed by atoms with van der Waals surface area (Å²) in [6, 6.07) is 0. The lowest BCUT2D eigenvalue weighted by molar-refractivity contribution is 1.04. The second-order valence-corrected chi connectivity index (χ2v) is 1.85. The lowest BCUT2D eigenvalue weighted by Crippen LogP contribution is -2.21. The first-order chi connectivity index (χ1) is 4.97. The van der Waals surface area contributed by atoms with Crippen LogP contribution in [0.1, 0.15) is 0 Å². The molecule has 4 nitrogen and oxygen atoms in total. The van der Waals surface area contributed by atoms with Gasteiger partial charge in [0.25, 0.3) is 0 Å². The van der Waals surface area contributed by atoms with Crippen LogP contribution in [0.25, 0.3) is 0 Å². The van der Waals surface area contributed by atoms with Gasteiger partial charge in [0.1, 0.15) is 12.0 Å². The average Bonchev–Trinajstić information content (AvgIpc) is 2.05. The van der Waals surface area contributed by atoms with Gasteiger partial charge in [-0.15, -0.1) is 0 Å². The monoisotopic (exact) mass is 133 g/mol. The second-order valence-electron chi connectivity index (χ2n) is 1.85. The van der Waals surface area contributed by atoms with Gasteiger partial charge in [-0.25, -0.2) is 15.3 Å². The van der Waals surface area contributed by atoms with E-state index in [1.54, 1.807) is 18.6 Å². The van der Waals surface area contributed by atoms with Gasteiger partial charge in [0.2, 0.25) is 0 Å². The maximum Gasteiger partial charge on any atom is 0.179 e. The SMILES string of the molecule is C1=CNC2=C[N]C=NC2=N1. The van der Waals surface area contributed by atoms with Gasteiger partial charge in [-0.2, -0.15) is 0 Å². The van der Waals surface area contributed by atoms with Crippen LogP contribution in [-0.4, -0.2) is 12.2 Å². The zero-order valence-electron chi connectivity index (χ0n) is 5.15. The van der Waals surface area contributed by atoms with E-state index in [0.717, 1.165) is 5.70 Å². The van der Waals surface area contributed by atoms with Crippen LogP contribution in [0.3, 0.4) is 0 Å². The van der Waals surface area contributed by atoms with E-state index in [1.165, 1.54) is 6.34 Å². The number of rotatable bonds is 0. The molecule has 0 saturated heterocycles. The van der Waals surface area contributed by atoms with Gasteiger partial charge < -0.3 is 5.32 Å². The Kier molecular flexibility index (Phi) is 1.04. The molecule has 0 bridgehead atoms. The number of fused-ring (bicyclic) bond motifs is 1. The molecule has 49 valence electrons. The van der Waals surface area contributed by atoms with E-state index < -0.39 is 0 Å². The standard InChI is InChI=1S/C6H5N4/c1-2-9-6-5(8-1)3-7-4-10-6/h1-4,8H. The van der Waals surface area contributed by atoms with Crippen LogP contribution in [0.15, 0.2) is 34.3 Å². The molecule has 2 rings (SSSR count). The third kappa shape index (κ3) is 0.699. The van der Waals surface area contributed by atoms with Crippen molar-refractivity contribution in [2.24, 2.45) is 9.98 Å². The minimum Gasteiger partial charge on any atom is -0.356 e. The topological polar surface area (TPSA) is 50.9 Å². The highest BCUT2D eigenvalue weighted by Crippen LogP contribution is 2.03. The molecule has 0 aromatic heterocycles. The molecule has 4 heteroatoms. The number of aliphatic imine (C=N–C) groups is 2. The van der Waals surface area contributed by atoms with Crippen LogP contribution in [0.5, 0.6) is 0 Å². The molecule has 0 fully saturated rings. The Labute approximate surface area is 58.1 Å². The van der Waals surface area contributed by atoms with Crippen molar-refractivity contribution < 1.29 is 0 Å². The molecule has 0 atom stereocenters. The predicted octanol–water partition coefficient (Wildman–Crippen LogP) is -0.0530. The summed E-state index contributed by atoms with van der Waals surface area (Å²) in [5.41, 5.74) is 0.852. The Balaban J connectivity index is 2.39. The molecule has 0 aromatic carbocycles. The van der Waals surface area contributed by atoms with Gasteiger partial charge in [0.15, 0.2) is 5.84 Å². The smallest absolute Gasteiger partial charge is 0.179 e. The lowest BCUT2D eigenvalue weighted by Gasteiger charge is -2.11. The minimum absolute atomic E-state index is 0.692.